The molecule has 0 aromatic carbocycles. The zero-order valence-electron chi connectivity index (χ0n) is 14.4. The molecule has 0 aliphatic heterocycles. The van der Waals surface area contributed by atoms with Crippen LogP contribution in [0.2, 0.25) is 0 Å². The fourth-order valence-corrected chi connectivity index (χ4v) is 2.18. The van der Waals surface area contributed by atoms with Crippen LogP contribution in [0.1, 0.15) is 63.5 Å². The average Bonchev–Trinajstić information content (AvgIpc) is 2.44. The van der Waals surface area contributed by atoms with Gasteiger partial charge in [0.1, 0.15) is 5.82 Å². The number of hydrogen-bond acceptors (Lipinski definition) is 3. The minimum atomic E-state index is -0.0878. The summed E-state index contributed by atoms with van der Waals surface area (Å²) in [4.78, 5) is 19.1. The van der Waals surface area contributed by atoms with E-state index in [-0.39, 0.29) is 17.4 Å². The quantitative estimate of drug-likeness (QED) is 0.900. The van der Waals surface area contributed by atoms with Crippen molar-refractivity contribution in [2.45, 2.75) is 58.9 Å². The molecule has 1 aromatic heterocycles. The number of pyridine rings is 1. The Morgan fingerprint density at radius 2 is 2.00 bits per heavy atom. The minimum Gasteiger partial charge on any atom is -0.373 e. The van der Waals surface area contributed by atoms with E-state index < -0.39 is 0 Å². The Balaban J connectivity index is 3.14. The number of amides is 1. The summed E-state index contributed by atoms with van der Waals surface area (Å²) in [6.45, 7) is 10.5. The van der Waals surface area contributed by atoms with Gasteiger partial charge < -0.3 is 10.2 Å². The molecule has 0 aliphatic rings. The molecule has 1 aromatic rings. The van der Waals surface area contributed by atoms with Gasteiger partial charge in [-0.05, 0) is 25.5 Å². The van der Waals surface area contributed by atoms with Crippen molar-refractivity contribution in [2.24, 2.45) is 0 Å². The Morgan fingerprint density at radius 3 is 2.48 bits per heavy atom. The van der Waals surface area contributed by atoms with Gasteiger partial charge in [0.2, 0.25) is 0 Å². The maximum absolute atomic E-state index is 12.7. The Morgan fingerprint density at radius 1 is 1.38 bits per heavy atom. The van der Waals surface area contributed by atoms with Crippen molar-refractivity contribution in [3.63, 3.8) is 0 Å². The maximum atomic E-state index is 12.7. The first kappa shape index (κ1) is 17.5. The van der Waals surface area contributed by atoms with Crippen LogP contribution < -0.4 is 5.32 Å². The van der Waals surface area contributed by atoms with E-state index in [1.807, 2.05) is 31.1 Å². The summed E-state index contributed by atoms with van der Waals surface area (Å²) in [6, 6.07) is 3.98. The zero-order valence-corrected chi connectivity index (χ0v) is 14.4. The van der Waals surface area contributed by atoms with Crippen LogP contribution in [0.25, 0.3) is 0 Å². The summed E-state index contributed by atoms with van der Waals surface area (Å²) < 4.78 is 0. The Kier molecular flexibility index (Phi) is 5.76. The van der Waals surface area contributed by atoms with Gasteiger partial charge in [-0.1, -0.05) is 34.1 Å². The smallest absolute Gasteiger partial charge is 0.254 e. The number of aromatic nitrogens is 1. The van der Waals surface area contributed by atoms with E-state index in [9.17, 15) is 4.79 Å². The SMILES string of the molecule is CCCC(C)N(C)C(=O)c1cc(NC)nc(C(C)(C)C)c1. The monoisotopic (exact) mass is 291 g/mol. The van der Waals surface area contributed by atoms with Gasteiger partial charge in [-0.25, -0.2) is 4.98 Å². The third kappa shape index (κ3) is 4.45. The lowest BCUT2D eigenvalue weighted by Gasteiger charge is -2.26. The van der Waals surface area contributed by atoms with Crippen LogP contribution in [0.3, 0.4) is 0 Å². The predicted molar refractivity (Wildman–Crippen MR) is 88.9 cm³/mol. The lowest BCUT2D eigenvalue weighted by molar-refractivity contribution is 0.0736. The van der Waals surface area contributed by atoms with E-state index in [1.165, 1.54) is 0 Å². The lowest BCUT2D eigenvalue weighted by Crippen LogP contribution is -2.35. The summed E-state index contributed by atoms with van der Waals surface area (Å²) in [5, 5.41) is 3.05. The molecule has 0 saturated heterocycles. The third-order valence-corrected chi connectivity index (χ3v) is 3.78. The van der Waals surface area contributed by atoms with Crippen LogP contribution in [0.5, 0.6) is 0 Å². The van der Waals surface area contributed by atoms with Crippen molar-refractivity contribution in [1.82, 2.24) is 9.88 Å². The highest BCUT2D eigenvalue weighted by atomic mass is 16.2. The Bertz CT molecular complexity index is 491. The number of nitrogens with zero attached hydrogens (tertiary/aromatic N) is 2. The molecule has 4 nitrogen and oxygen atoms in total. The topological polar surface area (TPSA) is 45.2 Å². The van der Waals surface area contributed by atoms with E-state index in [1.54, 1.807) is 0 Å². The normalized spacial score (nSPS) is 12.9. The summed E-state index contributed by atoms with van der Waals surface area (Å²) in [7, 11) is 3.70. The molecule has 1 heterocycles. The second kappa shape index (κ2) is 6.92. The number of hydrogen-bond donors (Lipinski definition) is 1. The summed E-state index contributed by atoms with van der Waals surface area (Å²) in [5.74, 6) is 0.794. The van der Waals surface area contributed by atoms with Crippen molar-refractivity contribution in [3.05, 3.63) is 23.4 Å². The number of anilines is 1. The van der Waals surface area contributed by atoms with Crippen LogP contribution in [-0.2, 0) is 5.41 Å². The van der Waals surface area contributed by atoms with Gasteiger partial charge in [0.25, 0.3) is 5.91 Å². The van der Waals surface area contributed by atoms with Gasteiger partial charge in [0.05, 0.1) is 0 Å². The molecule has 0 saturated carbocycles. The fraction of sp³-hybridized carbons (Fsp3) is 0.647. The van der Waals surface area contributed by atoms with Crippen molar-refractivity contribution in [3.8, 4) is 0 Å². The van der Waals surface area contributed by atoms with Crippen LogP contribution in [0.4, 0.5) is 5.82 Å². The summed E-state index contributed by atoms with van der Waals surface area (Å²) in [6.07, 6.45) is 2.09. The van der Waals surface area contributed by atoms with Crippen molar-refractivity contribution < 1.29 is 4.79 Å². The number of carbonyl (C=O) groups is 1. The fourth-order valence-electron chi connectivity index (χ4n) is 2.18. The van der Waals surface area contributed by atoms with E-state index in [2.05, 4.69) is 44.9 Å². The van der Waals surface area contributed by atoms with Crippen LogP contribution >= 0.6 is 0 Å². The first-order chi connectivity index (χ1) is 9.70. The highest BCUT2D eigenvalue weighted by molar-refractivity contribution is 5.95. The molecule has 118 valence electrons. The van der Waals surface area contributed by atoms with E-state index in [4.69, 9.17) is 0 Å². The molecule has 0 bridgehead atoms. The predicted octanol–water partition coefficient (Wildman–Crippen LogP) is 3.68. The van der Waals surface area contributed by atoms with E-state index in [0.717, 1.165) is 24.4 Å². The molecule has 0 spiro atoms. The van der Waals surface area contributed by atoms with Crippen molar-refractivity contribution in [2.75, 3.05) is 19.4 Å². The largest absolute Gasteiger partial charge is 0.373 e. The van der Waals surface area contributed by atoms with Gasteiger partial charge in [0.15, 0.2) is 0 Å². The second-order valence-corrected chi connectivity index (χ2v) is 6.68. The molecule has 1 unspecified atom stereocenters. The molecule has 0 radical (unpaired) electrons. The molecule has 0 aliphatic carbocycles. The molecule has 21 heavy (non-hydrogen) atoms. The molecule has 4 heteroatoms. The van der Waals surface area contributed by atoms with Gasteiger partial charge in [0, 0.05) is 36.8 Å². The van der Waals surface area contributed by atoms with E-state index >= 15 is 0 Å². The van der Waals surface area contributed by atoms with Gasteiger partial charge in [-0.3, -0.25) is 4.79 Å². The number of carbonyl (C=O) groups excluding carboxylic acids is 1. The third-order valence-electron chi connectivity index (χ3n) is 3.78. The van der Waals surface area contributed by atoms with Gasteiger partial charge in [-0.2, -0.15) is 0 Å². The molecule has 0 fully saturated rings. The standard InChI is InChI=1S/C17H29N3O/c1-8-9-12(2)20(7)16(21)13-10-14(17(3,4)5)19-15(11-13)18-6/h10-12H,8-9H2,1-7H3,(H,18,19). The lowest BCUT2D eigenvalue weighted by atomic mass is 9.90. The second-order valence-electron chi connectivity index (χ2n) is 6.68. The summed E-state index contributed by atoms with van der Waals surface area (Å²) in [5.41, 5.74) is 1.54. The van der Waals surface area contributed by atoms with E-state index in [0.29, 0.717) is 5.56 Å². The van der Waals surface area contributed by atoms with Crippen LogP contribution in [0, 0.1) is 0 Å². The highest BCUT2D eigenvalue weighted by Crippen LogP contribution is 2.24. The Labute approximate surface area is 129 Å². The summed E-state index contributed by atoms with van der Waals surface area (Å²) >= 11 is 0. The maximum Gasteiger partial charge on any atom is 0.254 e. The minimum absolute atomic E-state index is 0.0559. The molecule has 1 N–H and O–H groups in total. The van der Waals surface area contributed by atoms with Crippen LogP contribution in [0.15, 0.2) is 12.1 Å². The molecule has 1 amide bonds. The first-order valence-corrected chi connectivity index (χ1v) is 7.68. The van der Waals surface area contributed by atoms with Crippen molar-refractivity contribution in [1.29, 1.82) is 0 Å². The number of nitrogens with one attached hydrogen (secondary N) is 1. The first-order valence-electron chi connectivity index (χ1n) is 7.68. The van der Waals surface area contributed by atoms with Crippen molar-refractivity contribution >= 4 is 11.7 Å². The van der Waals surface area contributed by atoms with Gasteiger partial charge >= 0.3 is 0 Å². The Hall–Kier alpha value is -1.58. The van der Waals surface area contributed by atoms with Gasteiger partial charge in [-0.15, -0.1) is 0 Å². The van der Waals surface area contributed by atoms with Crippen LogP contribution in [-0.4, -0.2) is 35.9 Å². The molecular weight excluding hydrogens is 262 g/mol. The molecule has 1 rings (SSSR count). The molecular formula is C17H29N3O. The number of rotatable bonds is 5. The average molecular weight is 291 g/mol. The zero-order chi connectivity index (χ0) is 16.2. The highest BCUT2D eigenvalue weighted by Gasteiger charge is 2.22. The molecule has 1 atom stereocenters.